The number of hydrogen-bond acceptors (Lipinski definition) is 3. The van der Waals surface area contributed by atoms with Crippen molar-refractivity contribution in [1.82, 2.24) is 0 Å². The Labute approximate surface area is 166 Å². The minimum Gasteiger partial charge on any atom is -0.478 e. The predicted molar refractivity (Wildman–Crippen MR) is 112 cm³/mol. The second kappa shape index (κ2) is 7.82. The first kappa shape index (κ1) is 18.2. The fourth-order valence-corrected chi connectivity index (χ4v) is 3.96. The summed E-state index contributed by atoms with van der Waals surface area (Å²) >= 11 is 1.73. The smallest absolute Gasteiger partial charge is 0.337 e. The van der Waals surface area contributed by atoms with Crippen molar-refractivity contribution < 1.29 is 14.3 Å². The van der Waals surface area contributed by atoms with E-state index in [0.29, 0.717) is 11.4 Å². The van der Waals surface area contributed by atoms with E-state index in [0.717, 1.165) is 18.4 Å². The van der Waals surface area contributed by atoms with Crippen LogP contribution in [0.4, 0.5) is 15.8 Å². The molecule has 4 aromatic rings. The Kier molecular flexibility index (Phi) is 5.08. The normalized spacial score (nSPS) is 10.9. The molecule has 0 amide bonds. The maximum Gasteiger partial charge on any atom is 0.337 e. The second-order valence-electron chi connectivity index (χ2n) is 6.61. The SMILES string of the molecule is O=C(O)c1ccc(CCc2ccc3sccc3c2)cc1Nc1ccc(F)cc1. The van der Waals surface area contributed by atoms with E-state index in [-0.39, 0.29) is 11.4 Å². The van der Waals surface area contributed by atoms with Gasteiger partial charge >= 0.3 is 5.97 Å². The summed E-state index contributed by atoms with van der Waals surface area (Å²) in [5.41, 5.74) is 3.63. The Balaban J connectivity index is 1.55. The quantitative estimate of drug-likeness (QED) is 0.407. The molecule has 3 nitrogen and oxygen atoms in total. The first-order valence-corrected chi connectivity index (χ1v) is 9.81. The molecule has 1 heterocycles. The molecule has 0 bridgehead atoms. The monoisotopic (exact) mass is 391 g/mol. The molecule has 0 spiro atoms. The number of thiophene rings is 1. The number of carbonyl (C=O) groups is 1. The van der Waals surface area contributed by atoms with Crippen LogP contribution in [-0.4, -0.2) is 11.1 Å². The number of rotatable bonds is 6. The number of anilines is 2. The van der Waals surface area contributed by atoms with Gasteiger partial charge in [-0.3, -0.25) is 0 Å². The van der Waals surface area contributed by atoms with Gasteiger partial charge in [0.25, 0.3) is 0 Å². The van der Waals surface area contributed by atoms with Gasteiger partial charge in [-0.05, 0) is 83.3 Å². The van der Waals surface area contributed by atoms with Gasteiger partial charge in [0.15, 0.2) is 0 Å². The van der Waals surface area contributed by atoms with Gasteiger partial charge in [-0.1, -0.05) is 18.2 Å². The van der Waals surface area contributed by atoms with E-state index < -0.39 is 5.97 Å². The first-order valence-electron chi connectivity index (χ1n) is 8.93. The molecule has 0 aliphatic carbocycles. The molecule has 0 radical (unpaired) electrons. The summed E-state index contributed by atoms with van der Waals surface area (Å²) in [4.78, 5) is 11.6. The zero-order valence-corrected chi connectivity index (χ0v) is 15.8. The molecule has 0 aliphatic rings. The number of aromatic carboxylic acids is 1. The average Bonchev–Trinajstić information content (AvgIpc) is 3.16. The fraction of sp³-hybridized carbons (Fsp3) is 0.0870. The molecule has 140 valence electrons. The molecule has 0 atom stereocenters. The van der Waals surface area contributed by atoms with Crippen molar-refractivity contribution in [2.24, 2.45) is 0 Å². The second-order valence-corrected chi connectivity index (χ2v) is 7.56. The number of benzene rings is 3. The van der Waals surface area contributed by atoms with Gasteiger partial charge in [-0.2, -0.15) is 0 Å². The van der Waals surface area contributed by atoms with Crippen LogP contribution in [0.3, 0.4) is 0 Å². The van der Waals surface area contributed by atoms with E-state index in [1.54, 1.807) is 29.5 Å². The van der Waals surface area contributed by atoms with Crippen LogP contribution in [0.1, 0.15) is 21.5 Å². The topological polar surface area (TPSA) is 49.3 Å². The van der Waals surface area contributed by atoms with Gasteiger partial charge < -0.3 is 10.4 Å². The zero-order valence-electron chi connectivity index (χ0n) is 15.0. The highest BCUT2D eigenvalue weighted by molar-refractivity contribution is 7.17. The Morgan fingerprint density at radius 3 is 2.39 bits per heavy atom. The number of aryl methyl sites for hydroxylation is 2. The maximum atomic E-state index is 13.1. The average molecular weight is 391 g/mol. The molecule has 0 saturated carbocycles. The summed E-state index contributed by atoms with van der Waals surface area (Å²) in [5, 5.41) is 15.9. The summed E-state index contributed by atoms with van der Waals surface area (Å²) < 4.78 is 14.4. The maximum absolute atomic E-state index is 13.1. The van der Waals surface area contributed by atoms with Crippen molar-refractivity contribution in [3.8, 4) is 0 Å². The summed E-state index contributed by atoms with van der Waals surface area (Å²) in [5.74, 6) is -1.33. The molecule has 0 unspecified atom stereocenters. The molecular weight excluding hydrogens is 373 g/mol. The molecule has 0 saturated heterocycles. The van der Waals surface area contributed by atoms with Crippen molar-refractivity contribution in [2.45, 2.75) is 12.8 Å². The minimum atomic E-state index is -1.00. The molecule has 3 aromatic carbocycles. The number of carboxylic acids is 1. The van der Waals surface area contributed by atoms with E-state index in [4.69, 9.17) is 0 Å². The molecule has 28 heavy (non-hydrogen) atoms. The van der Waals surface area contributed by atoms with Crippen molar-refractivity contribution in [1.29, 1.82) is 0 Å². The van der Waals surface area contributed by atoms with Gasteiger partial charge in [-0.15, -0.1) is 11.3 Å². The number of halogens is 1. The Morgan fingerprint density at radius 1 is 0.929 bits per heavy atom. The van der Waals surface area contributed by atoms with Crippen LogP contribution in [-0.2, 0) is 12.8 Å². The van der Waals surface area contributed by atoms with E-state index in [1.165, 1.54) is 27.8 Å². The molecule has 1 aromatic heterocycles. The lowest BCUT2D eigenvalue weighted by atomic mass is 10.0. The lowest BCUT2D eigenvalue weighted by molar-refractivity contribution is 0.0698. The predicted octanol–water partition coefficient (Wildman–Crippen LogP) is 6.27. The van der Waals surface area contributed by atoms with E-state index >= 15 is 0 Å². The van der Waals surface area contributed by atoms with Crippen molar-refractivity contribution in [2.75, 3.05) is 5.32 Å². The first-order chi connectivity index (χ1) is 13.6. The molecular formula is C23H18FNO2S. The minimum absolute atomic E-state index is 0.188. The van der Waals surface area contributed by atoms with E-state index in [2.05, 4.69) is 35.0 Å². The van der Waals surface area contributed by atoms with Crippen LogP contribution >= 0.6 is 11.3 Å². The lowest BCUT2D eigenvalue weighted by Gasteiger charge is -2.12. The van der Waals surface area contributed by atoms with Crippen molar-refractivity contribution >= 4 is 38.8 Å². The van der Waals surface area contributed by atoms with Crippen LogP contribution in [0.2, 0.25) is 0 Å². The molecule has 5 heteroatoms. The Bertz CT molecular complexity index is 1140. The lowest BCUT2D eigenvalue weighted by Crippen LogP contribution is -2.04. The number of nitrogens with one attached hydrogen (secondary N) is 1. The molecule has 0 aliphatic heterocycles. The third-order valence-electron chi connectivity index (χ3n) is 4.66. The van der Waals surface area contributed by atoms with Crippen molar-refractivity contribution in [3.05, 3.63) is 94.6 Å². The number of carboxylic acid groups (broad SMARTS) is 1. The van der Waals surface area contributed by atoms with Gasteiger partial charge in [0.2, 0.25) is 0 Å². The third-order valence-corrected chi connectivity index (χ3v) is 5.55. The van der Waals surface area contributed by atoms with Crippen LogP contribution in [0.15, 0.2) is 72.1 Å². The number of fused-ring (bicyclic) bond motifs is 1. The molecule has 2 N–H and O–H groups in total. The van der Waals surface area contributed by atoms with Crippen LogP contribution < -0.4 is 5.32 Å². The fourth-order valence-electron chi connectivity index (χ4n) is 3.19. The standard InChI is InChI=1S/C23H18FNO2S/c24-18-5-7-19(8-6-18)25-21-14-16(3-9-20(21)23(26)27)2-1-15-4-10-22-17(13-15)11-12-28-22/h3-14,25H,1-2H2,(H,26,27). The molecule has 4 rings (SSSR count). The van der Waals surface area contributed by atoms with E-state index in [1.807, 2.05) is 12.1 Å². The number of hydrogen-bond donors (Lipinski definition) is 2. The van der Waals surface area contributed by atoms with Gasteiger partial charge in [-0.25, -0.2) is 9.18 Å². The van der Waals surface area contributed by atoms with Crippen LogP contribution in [0, 0.1) is 5.82 Å². The zero-order chi connectivity index (χ0) is 19.5. The van der Waals surface area contributed by atoms with Gasteiger partial charge in [0, 0.05) is 10.4 Å². The summed E-state index contributed by atoms with van der Waals surface area (Å²) in [6.45, 7) is 0. The van der Waals surface area contributed by atoms with Gasteiger partial charge in [0.05, 0.1) is 11.3 Å². The highest BCUT2D eigenvalue weighted by atomic mass is 32.1. The third kappa shape index (κ3) is 4.05. The van der Waals surface area contributed by atoms with E-state index in [9.17, 15) is 14.3 Å². The summed E-state index contributed by atoms with van der Waals surface area (Å²) in [7, 11) is 0. The van der Waals surface area contributed by atoms with Crippen LogP contribution in [0.25, 0.3) is 10.1 Å². The van der Waals surface area contributed by atoms with Gasteiger partial charge in [0.1, 0.15) is 5.82 Å². The highest BCUT2D eigenvalue weighted by Crippen LogP contribution is 2.25. The molecule has 0 fully saturated rings. The van der Waals surface area contributed by atoms with Crippen molar-refractivity contribution in [3.63, 3.8) is 0 Å². The Morgan fingerprint density at radius 2 is 1.64 bits per heavy atom. The Hall–Kier alpha value is -3.18. The van der Waals surface area contributed by atoms with Crippen LogP contribution in [0.5, 0.6) is 0 Å². The summed E-state index contributed by atoms with van der Waals surface area (Å²) in [6.07, 6.45) is 1.67. The summed E-state index contributed by atoms with van der Waals surface area (Å²) in [6, 6.07) is 19.8. The highest BCUT2D eigenvalue weighted by Gasteiger charge is 2.11. The largest absolute Gasteiger partial charge is 0.478 e.